The van der Waals surface area contributed by atoms with Crippen molar-refractivity contribution in [2.45, 2.75) is 175 Å². The first kappa shape index (κ1) is 41.3. The highest BCUT2D eigenvalue weighted by Crippen LogP contribution is 2.68. The Morgan fingerprint density at radius 1 is 0.759 bits per heavy atom. The van der Waals surface area contributed by atoms with E-state index in [1.807, 2.05) is 6.08 Å². The van der Waals surface area contributed by atoms with Crippen molar-refractivity contribution in [1.29, 1.82) is 0 Å². The minimum absolute atomic E-state index is 0.0160. The number of rotatable bonds is 5. The zero-order valence-corrected chi connectivity index (χ0v) is 36.4. The first-order chi connectivity index (χ1) is 27.5. The minimum atomic E-state index is -0.990. The van der Waals surface area contributed by atoms with Crippen molar-refractivity contribution in [3.05, 3.63) is 46.8 Å². The van der Waals surface area contributed by atoms with Crippen LogP contribution < -0.4 is 0 Å². The molecule has 0 spiro atoms. The third kappa shape index (κ3) is 6.34. The van der Waals surface area contributed by atoms with Gasteiger partial charge in [0.1, 0.15) is 0 Å². The second kappa shape index (κ2) is 14.9. The van der Waals surface area contributed by atoms with Crippen LogP contribution in [0.3, 0.4) is 0 Å². The molecule has 0 saturated heterocycles. The van der Waals surface area contributed by atoms with E-state index in [-0.39, 0.29) is 39.8 Å². The van der Waals surface area contributed by atoms with Crippen molar-refractivity contribution in [2.75, 3.05) is 0 Å². The molecule has 12 atom stereocenters. The van der Waals surface area contributed by atoms with E-state index in [4.69, 9.17) is 20.6 Å². The van der Waals surface area contributed by atoms with E-state index in [1.54, 1.807) is 6.92 Å². The van der Waals surface area contributed by atoms with E-state index in [1.165, 1.54) is 74.9 Å². The number of fused-ring (bicyclic) bond motifs is 10. The minimum Gasteiger partial charge on any atom is -0.495 e. The van der Waals surface area contributed by atoms with Crippen molar-refractivity contribution in [3.8, 4) is 12.3 Å². The van der Waals surface area contributed by atoms with Crippen LogP contribution in [0.5, 0.6) is 0 Å². The van der Waals surface area contributed by atoms with E-state index in [2.05, 4.69) is 51.8 Å². The predicted octanol–water partition coefficient (Wildman–Crippen LogP) is 10.5. The summed E-state index contributed by atoms with van der Waals surface area (Å²) in [6.07, 6.45) is 33.2. The van der Waals surface area contributed by atoms with Gasteiger partial charge in [0.2, 0.25) is 0 Å². The molecular weight excluding hydrogens is 725 g/mol. The van der Waals surface area contributed by atoms with Crippen molar-refractivity contribution >= 4 is 23.5 Å². The third-order valence-corrected chi connectivity index (χ3v) is 18.2. The fourth-order valence-corrected chi connectivity index (χ4v) is 15.4. The van der Waals surface area contributed by atoms with Crippen molar-refractivity contribution in [3.63, 3.8) is 0 Å². The van der Waals surface area contributed by atoms with Crippen LogP contribution in [0.4, 0.5) is 0 Å². The summed E-state index contributed by atoms with van der Waals surface area (Å²) in [6.45, 7) is 13.4. The maximum Gasteiger partial charge on any atom is 0.304 e. The largest absolute Gasteiger partial charge is 0.495 e. The number of hydrogen-bond donors (Lipinski definition) is 0. The van der Waals surface area contributed by atoms with Gasteiger partial charge in [0, 0.05) is 37.5 Å². The molecule has 314 valence electrons. The van der Waals surface area contributed by atoms with E-state index < -0.39 is 11.2 Å². The summed E-state index contributed by atoms with van der Waals surface area (Å²) in [4.78, 5) is 48.6. The molecule has 0 aliphatic heterocycles. The first-order valence-electron chi connectivity index (χ1n) is 22.9. The van der Waals surface area contributed by atoms with Gasteiger partial charge in [0.25, 0.3) is 0 Å². The van der Waals surface area contributed by atoms with Crippen LogP contribution in [0.25, 0.3) is 0 Å². The van der Waals surface area contributed by atoms with Crippen LogP contribution in [0.1, 0.15) is 158 Å². The molecule has 0 heterocycles. The van der Waals surface area contributed by atoms with E-state index >= 15 is 0 Å². The standard InChI is InChI=1S/C27H36O3.C24H32O4/c1-4-27(30-18(2)28)16-14-25-24-11-9-19-17-21(29-20-7-5-6-8-20)10-12-22(19)23(24)13-15-26(25,27)3;1-14-12-18-19(22(4)9-6-17(27)13-21(14)22)7-10-23(5)20(18)8-11-24(23,15(2)25)28-16(3)26/h1,9,17,20,22-25H,5-8,10-16H2,2-3H3;12-13,18-20H,6-11H2,1-5H3/t22-,23?,24?,25?,26+,27?;18-,19-,20+,22-,23+,24+/m11/s1. The van der Waals surface area contributed by atoms with Crippen molar-refractivity contribution in [1.82, 2.24) is 0 Å². The molecule has 58 heavy (non-hydrogen) atoms. The van der Waals surface area contributed by atoms with E-state index in [0.29, 0.717) is 54.5 Å². The Balaban J connectivity index is 0.000000162. The molecule has 0 amide bonds. The Morgan fingerprint density at radius 2 is 1.45 bits per heavy atom. The van der Waals surface area contributed by atoms with Crippen LogP contribution in [-0.2, 0) is 33.4 Å². The van der Waals surface area contributed by atoms with Gasteiger partial charge in [-0.2, -0.15) is 0 Å². The summed E-state index contributed by atoms with van der Waals surface area (Å²) in [5.74, 6) is 7.58. The molecule has 0 aromatic heterocycles. The number of carbonyl (C=O) groups excluding carboxylic acids is 4. The summed E-state index contributed by atoms with van der Waals surface area (Å²) in [5.41, 5.74) is 1.87. The number of esters is 2. The lowest BCUT2D eigenvalue weighted by atomic mass is 9.47. The Labute approximate surface area is 347 Å². The van der Waals surface area contributed by atoms with Crippen molar-refractivity contribution < 1.29 is 33.4 Å². The van der Waals surface area contributed by atoms with Crippen LogP contribution >= 0.6 is 0 Å². The highest BCUT2D eigenvalue weighted by atomic mass is 16.6. The SMILES string of the molecule is C#CC1(OC(C)=O)CCC2C3CC=C4C=C(OC5CCCC5)CC[C@H]4C3CC[C@@]21C.CC(=O)O[C@]1(C(C)=O)CC[C@H]2[C@@H]3C=C(C)C4=CC(=O)CC[C@]4(C)[C@@H]3CC[C@@]21C. The van der Waals surface area contributed by atoms with Crippen LogP contribution in [-0.4, -0.2) is 40.8 Å². The zero-order chi connectivity index (χ0) is 41.4. The molecule has 9 aliphatic carbocycles. The summed E-state index contributed by atoms with van der Waals surface area (Å²) >= 11 is 0. The molecular formula is C51H68O7. The molecule has 5 saturated carbocycles. The van der Waals surface area contributed by atoms with E-state index in [0.717, 1.165) is 63.7 Å². The van der Waals surface area contributed by atoms with Gasteiger partial charge >= 0.3 is 11.9 Å². The number of Topliss-reactive ketones (excluding diaryl/α,β-unsaturated/α-hetero) is 1. The Morgan fingerprint density at radius 3 is 2.14 bits per heavy atom. The number of ether oxygens (including phenoxy) is 3. The van der Waals surface area contributed by atoms with Crippen LogP contribution in [0.2, 0.25) is 0 Å². The normalized spacial score (nSPS) is 43.7. The van der Waals surface area contributed by atoms with Gasteiger partial charge in [0.15, 0.2) is 22.8 Å². The number of terminal acetylenes is 1. The molecule has 7 nitrogen and oxygen atoms in total. The molecule has 0 N–H and O–H groups in total. The van der Waals surface area contributed by atoms with Gasteiger partial charge in [-0.1, -0.05) is 44.4 Å². The Hall–Kier alpha value is -3.40. The summed E-state index contributed by atoms with van der Waals surface area (Å²) in [6, 6.07) is 0. The fraction of sp³-hybridized carbons (Fsp3) is 0.725. The fourth-order valence-electron chi connectivity index (χ4n) is 15.4. The lowest BCUT2D eigenvalue weighted by molar-refractivity contribution is -0.185. The van der Waals surface area contributed by atoms with Gasteiger partial charge in [-0.05, 0) is 180 Å². The van der Waals surface area contributed by atoms with E-state index in [9.17, 15) is 19.2 Å². The number of ketones is 2. The zero-order valence-electron chi connectivity index (χ0n) is 36.4. The second-order valence-electron chi connectivity index (χ2n) is 20.8. The van der Waals surface area contributed by atoms with Gasteiger partial charge < -0.3 is 14.2 Å². The number of allylic oxidation sites excluding steroid dienone is 8. The quantitative estimate of drug-likeness (QED) is 0.202. The molecule has 0 aromatic rings. The summed E-state index contributed by atoms with van der Waals surface area (Å²) in [5, 5.41) is 0. The molecule has 0 aromatic carbocycles. The summed E-state index contributed by atoms with van der Waals surface area (Å²) in [7, 11) is 0. The highest BCUT2D eigenvalue weighted by Gasteiger charge is 2.68. The molecule has 7 heteroatoms. The van der Waals surface area contributed by atoms with Crippen LogP contribution in [0.15, 0.2) is 46.8 Å². The maximum absolute atomic E-state index is 12.8. The Bertz CT molecular complexity index is 1900. The molecule has 0 radical (unpaired) electrons. The highest BCUT2D eigenvalue weighted by molar-refractivity contribution is 5.92. The first-order valence-corrected chi connectivity index (χ1v) is 22.9. The lowest BCUT2D eigenvalue weighted by Crippen LogP contribution is -2.58. The van der Waals surface area contributed by atoms with Gasteiger partial charge in [-0.15, -0.1) is 6.42 Å². The average Bonchev–Trinajstić information content (AvgIpc) is 3.87. The Kier molecular flexibility index (Phi) is 10.7. The average molecular weight is 793 g/mol. The molecule has 9 aliphatic rings. The number of hydrogen-bond acceptors (Lipinski definition) is 7. The smallest absolute Gasteiger partial charge is 0.304 e. The van der Waals surface area contributed by atoms with Crippen molar-refractivity contribution in [2.24, 2.45) is 57.7 Å². The maximum atomic E-state index is 12.8. The summed E-state index contributed by atoms with van der Waals surface area (Å²) < 4.78 is 18.0. The van der Waals surface area contributed by atoms with Gasteiger partial charge in [-0.25, -0.2) is 0 Å². The molecule has 5 fully saturated rings. The molecule has 0 bridgehead atoms. The topological polar surface area (TPSA) is 96.0 Å². The monoisotopic (exact) mass is 792 g/mol. The molecule has 9 rings (SSSR count). The number of carbonyl (C=O) groups is 4. The molecule has 4 unspecified atom stereocenters. The van der Waals surface area contributed by atoms with Gasteiger partial charge in [0.05, 0.1) is 11.9 Å². The predicted molar refractivity (Wildman–Crippen MR) is 224 cm³/mol. The van der Waals surface area contributed by atoms with Crippen LogP contribution in [0, 0.1) is 70.0 Å². The lowest BCUT2D eigenvalue weighted by Gasteiger charge is -2.58. The third-order valence-electron chi connectivity index (χ3n) is 18.2. The second-order valence-corrected chi connectivity index (χ2v) is 20.8. The van der Waals surface area contributed by atoms with Gasteiger partial charge in [-0.3, -0.25) is 19.2 Å².